The Morgan fingerprint density at radius 1 is 1.14 bits per heavy atom. The van der Waals surface area contributed by atoms with E-state index in [1.165, 1.54) is 18.1 Å². The molecule has 0 bridgehead atoms. The van der Waals surface area contributed by atoms with Gasteiger partial charge in [0.05, 0.1) is 24.5 Å². The van der Waals surface area contributed by atoms with Gasteiger partial charge in [0.25, 0.3) is 0 Å². The molecule has 0 radical (unpaired) electrons. The molecule has 10 nitrogen and oxygen atoms in total. The molecule has 1 amide bonds. The third kappa shape index (κ3) is 5.39. The molecule has 0 N–H and O–H groups in total. The zero-order chi connectivity index (χ0) is 24.9. The number of aromatic nitrogens is 5. The van der Waals surface area contributed by atoms with Crippen LogP contribution in [0.3, 0.4) is 0 Å². The number of ether oxygens (including phenoxy) is 1. The maximum atomic E-state index is 14.5. The lowest BCUT2D eigenvalue weighted by Gasteiger charge is -2.35. The Kier molecular flexibility index (Phi) is 7.23. The van der Waals surface area contributed by atoms with Gasteiger partial charge in [-0.15, -0.1) is 0 Å². The molecule has 1 unspecified atom stereocenters. The lowest BCUT2D eigenvalue weighted by atomic mass is 9.99. The highest BCUT2D eigenvalue weighted by atomic mass is 19.1. The van der Waals surface area contributed by atoms with Crippen LogP contribution < -0.4 is 9.80 Å². The van der Waals surface area contributed by atoms with Crippen molar-refractivity contribution < 1.29 is 18.7 Å². The number of carbonyl (C=O) groups excluding carboxylic acids is 2. The molecule has 11 heteroatoms. The first-order valence-electron chi connectivity index (χ1n) is 11.3. The van der Waals surface area contributed by atoms with Crippen molar-refractivity contribution in [3.63, 3.8) is 0 Å². The van der Waals surface area contributed by atoms with E-state index in [-0.39, 0.29) is 30.8 Å². The van der Waals surface area contributed by atoms with Crippen molar-refractivity contribution in [1.29, 1.82) is 0 Å². The largest absolute Gasteiger partial charge is 0.469 e. The van der Waals surface area contributed by atoms with Crippen molar-refractivity contribution in [2.45, 2.75) is 38.6 Å². The average molecular weight is 480 g/mol. The van der Waals surface area contributed by atoms with Crippen LogP contribution in [0.4, 0.5) is 15.9 Å². The van der Waals surface area contributed by atoms with Crippen molar-refractivity contribution in [2.75, 3.05) is 30.5 Å². The number of methoxy groups -OCH3 is 1. The van der Waals surface area contributed by atoms with Crippen LogP contribution >= 0.6 is 0 Å². The highest BCUT2D eigenvalue weighted by Gasteiger charge is 2.28. The second-order valence-electron chi connectivity index (χ2n) is 8.18. The van der Waals surface area contributed by atoms with Crippen molar-refractivity contribution in [1.82, 2.24) is 24.9 Å². The van der Waals surface area contributed by atoms with E-state index < -0.39 is 5.95 Å². The normalized spacial score (nSPS) is 14.9. The third-order valence-corrected chi connectivity index (χ3v) is 5.99. The zero-order valence-electron chi connectivity index (χ0n) is 19.8. The van der Waals surface area contributed by atoms with Crippen LogP contribution in [-0.2, 0) is 20.7 Å². The maximum Gasteiger partial charge on any atom is 0.305 e. The maximum absolute atomic E-state index is 14.5. The second kappa shape index (κ2) is 10.5. The average Bonchev–Trinajstić information content (AvgIpc) is 2.88. The summed E-state index contributed by atoms with van der Waals surface area (Å²) in [6.45, 7) is 2.54. The van der Waals surface area contributed by atoms with Crippen LogP contribution in [0.25, 0.3) is 11.6 Å². The van der Waals surface area contributed by atoms with Crippen LogP contribution in [0, 0.1) is 5.95 Å². The van der Waals surface area contributed by atoms with Gasteiger partial charge in [-0.05, 0) is 19.4 Å². The molecule has 35 heavy (non-hydrogen) atoms. The van der Waals surface area contributed by atoms with E-state index in [0.29, 0.717) is 42.5 Å². The smallest absolute Gasteiger partial charge is 0.305 e. The number of anilines is 2. The fraction of sp³-hybridized carbons (Fsp3) is 0.375. The highest BCUT2D eigenvalue weighted by molar-refractivity contribution is 5.93. The number of pyridine rings is 1. The standard InChI is InChI=1S/C24H26FN7O3/c1-15-17-14-28-24(23-26-9-5-10-27-23)29-18(17)8-11-32(15)20-13-16(12-19(25)30-20)31(2)21(33)6-4-7-22(34)35-3/h5,9-10,12-15H,4,6-8,11H2,1-3H3. The summed E-state index contributed by atoms with van der Waals surface area (Å²) in [4.78, 5) is 48.8. The van der Waals surface area contributed by atoms with Crippen molar-refractivity contribution in [3.05, 3.63) is 54.0 Å². The zero-order valence-corrected chi connectivity index (χ0v) is 19.8. The summed E-state index contributed by atoms with van der Waals surface area (Å²) < 4.78 is 19.1. The van der Waals surface area contributed by atoms with Crippen LogP contribution in [0.2, 0.25) is 0 Å². The molecule has 0 saturated carbocycles. The predicted octanol–water partition coefficient (Wildman–Crippen LogP) is 2.90. The van der Waals surface area contributed by atoms with Crippen molar-refractivity contribution >= 4 is 23.4 Å². The van der Waals surface area contributed by atoms with E-state index in [0.717, 1.165) is 11.3 Å². The number of rotatable bonds is 7. The summed E-state index contributed by atoms with van der Waals surface area (Å²) in [5, 5.41) is 0. The SMILES string of the molecule is COC(=O)CCCC(=O)N(C)c1cc(F)nc(N2CCc3nc(-c4ncccn4)ncc3C2C)c1. The summed E-state index contributed by atoms with van der Waals surface area (Å²) in [6, 6.07) is 4.48. The van der Waals surface area contributed by atoms with Crippen LogP contribution in [0.15, 0.2) is 36.8 Å². The first-order valence-corrected chi connectivity index (χ1v) is 11.3. The molecule has 182 valence electrons. The van der Waals surface area contributed by atoms with Gasteiger partial charge in [-0.2, -0.15) is 4.39 Å². The van der Waals surface area contributed by atoms with Gasteiger partial charge in [-0.25, -0.2) is 24.9 Å². The van der Waals surface area contributed by atoms with Gasteiger partial charge in [0.15, 0.2) is 11.6 Å². The van der Waals surface area contributed by atoms with Crippen LogP contribution in [0.1, 0.15) is 43.5 Å². The summed E-state index contributed by atoms with van der Waals surface area (Å²) >= 11 is 0. The molecule has 4 rings (SSSR count). The number of nitrogens with zero attached hydrogens (tertiary/aromatic N) is 7. The number of esters is 1. The van der Waals surface area contributed by atoms with Crippen LogP contribution in [0.5, 0.6) is 0 Å². The Labute approximate surface area is 202 Å². The molecule has 1 aliphatic rings. The molecular weight excluding hydrogens is 453 g/mol. The van der Waals surface area contributed by atoms with Gasteiger partial charge >= 0.3 is 5.97 Å². The fourth-order valence-corrected chi connectivity index (χ4v) is 4.01. The number of halogens is 1. The van der Waals surface area contributed by atoms with Gasteiger partial charge in [0, 0.05) is 69.1 Å². The molecule has 0 fully saturated rings. The molecule has 1 atom stereocenters. The molecule has 1 aliphatic heterocycles. The molecule has 4 heterocycles. The van der Waals surface area contributed by atoms with E-state index >= 15 is 0 Å². The monoisotopic (exact) mass is 479 g/mol. The first kappa shape index (κ1) is 24.1. The number of amides is 1. The number of fused-ring (bicyclic) bond motifs is 1. The fourth-order valence-electron chi connectivity index (χ4n) is 4.01. The Balaban J connectivity index is 1.52. The first-order chi connectivity index (χ1) is 16.9. The summed E-state index contributed by atoms with van der Waals surface area (Å²) in [5.74, 6) is 0.0565. The van der Waals surface area contributed by atoms with Crippen molar-refractivity contribution in [3.8, 4) is 11.6 Å². The number of carbonyl (C=O) groups is 2. The quantitative estimate of drug-likeness (QED) is 0.373. The van der Waals surface area contributed by atoms with E-state index in [1.807, 2.05) is 11.8 Å². The summed E-state index contributed by atoms with van der Waals surface area (Å²) in [5.41, 5.74) is 2.19. The van der Waals surface area contributed by atoms with Gasteiger partial charge in [0.1, 0.15) is 5.82 Å². The van der Waals surface area contributed by atoms with Gasteiger partial charge in [0.2, 0.25) is 11.9 Å². The third-order valence-electron chi connectivity index (χ3n) is 5.99. The number of hydrogen-bond donors (Lipinski definition) is 0. The highest BCUT2D eigenvalue weighted by Crippen LogP contribution is 2.33. The Morgan fingerprint density at radius 3 is 2.66 bits per heavy atom. The molecule has 3 aromatic heterocycles. The molecular formula is C24H26FN7O3. The van der Waals surface area contributed by atoms with E-state index in [4.69, 9.17) is 0 Å². The lowest BCUT2D eigenvalue weighted by molar-refractivity contribution is -0.140. The molecule has 3 aromatic rings. The molecule has 0 spiro atoms. The molecule has 0 aromatic carbocycles. The predicted molar refractivity (Wildman–Crippen MR) is 126 cm³/mol. The minimum atomic E-state index is -0.683. The minimum absolute atomic E-state index is 0.142. The van der Waals surface area contributed by atoms with E-state index in [1.54, 1.807) is 37.8 Å². The van der Waals surface area contributed by atoms with Gasteiger partial charge < -0.3 is 14.5 Å². The minimum Gasteiger partial charge on any atom is -0.469 e. The Hall–Kier alpha value is -4.02. The topological polar surface area (TPSA) is 114 Å². The van der Waals surface area contributed by atoms with Gasteiger partial charge in [-0.3, -0.25) is 9.59 Å². The summed E-state index contributed by atoms with van der Waals surface area (Å²) in [6.07, 6.45) is 6.29. The Morgan fingerprint density at radius 2 is 1.91 bits per heavy atom. The second-order valence-corrected chi connectivity index (χ2v) is 8.18. The summed E-state index contributed by atoms with van der Waals surface area (Å²) in [7, 11) is 2.88. The number of hydrogen-bond acceptors (Lipinski definition) is 9. The van der Waals surface area contributed by atoms with Crippen LogP contribution in [-0.4, -0.2) is 57.5 Å². The van der Waals surface area contributed by atoms with E-state index in [2.05, 4.69) is 29.7 Å². The lowest BCUT2D eigenvalue weighted by Crippen LogP contribution is -2.36. The van der Waals surface area contributed by atoms with Gasteiger partial charge in [-0.1, -0.05) is 0 Å². The van der Waals surface area contributed by atoms with Crippen molar-refractivity contribution in [2.24, 2.45) is 0 Å². The Bertz CT molecular complexity index is 1220. The molecule has 0 saturated heterocycles. The van der Waals surface area contributed by atoms with E-state index in [9.17, 15) is 14.0 Å². The molecule has 0 aliphatic carbocycles.